The molecule has 1 aliphatic rings. The highest BCUT2D eigenvalue weighted by Crippen LogP contribution is 2.12. The van der Waals surface area contributed by atoms with Crippen LogP contribution in [0.5, 0.6) is 0 Å². The summed E-state index contributed by atoms with van der Waals surface area (Å²) in [5.74, 6) is 0. The molecule has 1 aromatic rings. The molecule has 0 aliphatic carbocycles. The van der Waals surface area contributed by atoms with Gasteiger partial charge in [0.25, 0.3) is 0 Å². The topological polar surface area (TPSA) is 15.7 Å². The van der Waals surface area contributed by atoms with E-state index in [1.807, 2.05) is 0 Å². The second-order valence-electron chi connectivity index (χ2n) is 6.43. The number of benzene rings is 1. The smallest absolute Gasteiger partial charge is 0.0594 e. The van der Waals surface area contributed by atoms with E-state index in [-0.39, 0.29) is 0 Å². The Morgan fingerprint density at radius 1 is 1.14 bits per heavy atom. The van der Waals surface area contributed by atoms with Crippen molar-refractivity contribution >= 4 is 0 Å². The van der Waals surface area contributed by atoms with E-state index in [0.717, 1.165) is 39.4 Å². The molecule has 0 aromatic heterocycles. The summed E-state index contributed by atoms with van der Waals surface area (Å²) in [7, 11) is 0. The number of hydrogen-bond acceptors (Lipinski definition) is 3. The first-order valence-corrected chi connectivity index (χ1v) is 8.87. The van der Waals surface area contributed by atoms with Crippen molar-refractivity contribution in [3.05, 3.63) is 35.9 Å². The molecule has 1 aliphatic heterocycles. The van der Waals surface area contributed by atoms with E-state index in [1.165, 1.54) is 31.4 Å². The molecule has 0 amide bonds. The Bertz CT molecular complexity index is 390. The van der Waals surface area contributed by atoms with Gasteiger partial charge < -0.3 is 4.74 Å². The van der Waals surface area contributed by atoms with Crippen LogP contribution in [0.4, 0.5) is 0 Å². The quantitative estimate of drug-likeness (QED) is 0.650. The summed E-state index contributed by atoms with van der Waals surface area (Å²) in [6.45, 7) is 12.0. The van der Waals surface area contributed by atoms with Gasteiger partial charge >= 0.3 is 0 Å². The molecule has 1 unspecified atom stereocenters. The van der Waals surface area contributed by atoms with Crippen LogP contribution in [0.3, 0.4) is 0 Å². The van der Waals surface area contributed by atoms with Crippen molar-refractivity contribution in [3.63, 3.8) is 0 Å². The number of morpholine rings is 1. The predicted molar refractivity (Wildman–Crippen MR) is 93.1 cm³/mol. The summed E-state index contributed by atoms with van der Waals surface area (Å²) in [4.78, 5) is 5.20. The third-order valence-electron chi connectivity index (χ3n) is 4.53. The first-order valence-electron chi connectivity index (χ1n) is 8.87. The summed E-state index contributed by atoms with van der Waals surface area (Å²) in [5.41, 5.74) is 1.42. The molecule has 1 atom stereocenters. The molecule has 0 N–H and O–H groups in total. The van der Waals surface area contributed by atoms with E-state index in [0.29, 0.717) is 6.04 Å². The molecule has 1 saturated heterocycles. The van der Waals surface area contributed by atoms with Gasteiger partial charge in [0.05, 0.1) is 13.2 Å². The maximum atomic E-state index is 5.46. The van der Waals surface area contributed by atoms with Crippen LogP contribution in [0.1, 0.15) is 38.7 Å². The lowest BCUT2D eigenvalue weighted by Crippen LogP contribution is -2.46. The van der Waals surface area contributed by atoms with Crippen LogP contribution < -0.4 is 0 Å². The highest BCUT2D eigenvalue weighted by Gasteiger charge is 2.19. The SMILES string of the molecule is CCCCCN(Cc1ccccc1)C(C)CN1CCOCC1. The number of nitrogens with zero attached hydrogens (tertiary/aromatic N) is 2. The van der Waals surface area contributed by atoms with E-state index in [1.54, 1.807) is 0 Å². The lowest BCUT2D eigenvalue weighted by atomic mass is 10.1. The standard InChI is InChI=1S/C19H32N2O/c1-3-4-8-11-21(17-19-9-6-5-7-10-19)18(2)16-20-12-14-22-15-13-20/h5-7,9-10,18H,3-4,8,11-17H2,1-2H3. The molecule has 124 valence electrons. The first-order chi connectivity index (χ1) is 10.8. The zero-order valence-corrected chi connectivity index (χ0v) is 14.3. The highest BCUT2D eigenvalue weighted by atomic mass is 16.5. The van der Waals surface area contributed by atoms with Crippen LogP contribution >= 0.6 is 0 Å². The van der Waals surface area contributed by atoms with Crippen molar-refractivity contribution < 1.29 is 4.74 Å². The predicted octanol–water partition coefficient (Wildman–Crippen LogP) is 3.40. The number of hydrogen-bond donors (Lipinski definition) is 0. The van der Waals surface area contributed by atoms with Gasteiger partial charge in [0.15, 0.2) is 0 Å². The second-order valence-corrected chi connectivity index (χ2v) is 6.43. The molecule has 0 bridgehead atoms. The van der Waals surface area contributed by atoms with Crippen LogP contribution in [-0.4, -0.2) is 55.2 Å². The minimum absolute atomic E-state index is 0.593. The van der Waals surface area contributed by atoms with Crippen molar-refractivity contribution in [1.29, 1.82) is 0 Å². The molecule has 0 radical (unpaired) electrons. The van der Waals surface area contributed by atoms with Gasteiger partial charge in [-0.25, -0.2) is 0 Å². The molecule has 0 spiro atoms. The fraction of sp³-hybridized carbons (Fsp3) is 0.684. The fourth-order valence-electron chi connectivity index (χ4n) is 3.11. The fourth-order valence-corrected chi connectivity index (χ4v) is 3.11. The Hall–Kier alpha value is -0.900. The Morgan fingerprint density at radius 2 is 1.86 bits per heavy atom. The molecule has 1 aromatic carbocycles. The molecule has 3 nitrogen and oxygen atoms in total. The molecule has 1 heterocycles. The second kappa shape index (κ2) is 9.98. The van der Waals surface area contributed by atoms with Gasteiger partial charge in [0.1, 0.15) is 0 Å². The average molecular weight is 304 g/mol. The van der Waals surface area contributed by atoms with Crippen LogP contribution in [0, 0.1) is 0 Å². The molecular weight excluding hydrogens is 272 g/mol. The zero-order valence-electron chi connectivity index (χ0n) is 14.3. The molecule has 1 fully saturated rings. The van der Waals surface area contributed by atoms with Gasteiger partial charge in [-0.05, 0) is 25.5 Å². The number of unbranched alkanes of at least 4 members (excludes halogenated alkanes) is 2. The van der Waals surface area contributed by atoms with Crippen molar-refractivity contribution in [2.45, 2.75) is 45.7 Å². The largest absolute Gasteiger partial charge is 0.379 e. The molecular formula is C19H32N2O. The van der Waals surface area contributed by atoms with E-state index in [9.17, 15) is 0 Å². The normalized spacial score (nSPS) is 17.8. The molecule has 0 saturated carbocycles. The van der Waals surface area contributed by atoms with Crippen molar-refractivity contribution in [3.8, 4) is 0 Å². The zero-order chi connectivity index (χ0) is 15.6. The van der Waals surface area contributed by atoms with Gasteiger partial charge in [-0.1, -0.05) is 50.1 Å². The summed E-state index contributed by atoms with van der Waals surface area (Å²) in [6, 6.07) is 11.5. The summed E-state index contributed by atoms with van der Waals surface area (Å²) < 4.78 is 5.46. The van der Waals surface area contributed by atoms with Crippen LogP contribution in [0.2, 0.25) is 0 Å². The third-order valence-corrected chi connectivity index (χ3v) is 4.53. The Labute approximate surface area is 136 Å². The number of ether oxygens (including phenoxy) is 1. The highest BCUT2D eigenvalue weighted by molar-refractivity contribution is 5.14. The van der Waals surface area contributed by atoms with Crippen LogP contribution in [-0.2, 0) is 11.3 Å². The van der Waals surface area contributed by atoms with E-state index >= 15 is 0 Å². The lowest BCUT2D eigenvalue weighted by Gasteiger charge is -2.35. The minimum atomic E-state index is 0.593. The lowest BCUT2D eigenvalue weighted by molar-refractivity contribution is 0.0234. The van der Waals surface area contributed by atoms with Gasteiger partial charge in [-0.15, -0.1) is 0 Å². The van der Waals surface area contributed by atoms with Gasteiger partial charge in [0, 0.05) is 32.2 Å². The van der Waals surface area contributed by atoms with E-state index < -0.39 is 0 Å². The monoisotopic (exact) mass is 304 g/mol. The van der Waals surface area contributed by atoms with Crippen molar-refractivity contribution in [1.82, 2.24) is 9.80 Å². The first kappa shape index (κ1) is 17.5. The van der Waals surface area contributed by atoms with Crippen LogP contribution in [0.15, 0.2) is 30.3 Å². The van der Waals surface area contributed by atoms with Crippen molar-refractivity contribution in [2.24, 2.45) is 0 Å². The minimum Gasteiger partial charge on any atom is -0.379 e. The van der Waals surface area contributed by atoms with Gasteiger partial charge in [0.2, 0.25) is 0 Å². The van der Waals surface area contributed by atoms with Crippen LogP contribution in [0.25, 0.3) is 0 Å². The molecule has 22 heavy (non-hydrogen) atoms. The summed E-state index contributed by atoms with van der Waals surface area (Å²) >= 11 is 0. The van der Waals surface area contributed by atoms with Gasteiger partial charge in [-0.3, -0.25) is 9.80 Å². The Morgan fingerprint density at radius 3 is 2.55 bits per heavy atom. The third kappa shape index (κ3) is 6.07. The maximum Gasteiger partial charge on any atom is 0.0594 e. The van der Waals surface area contributed by atoms with E-state index in [2.05, 4.69) is 54.0 Å². The Balaban J connectivity index is 1.89. The molecule has 3 heteroatoms. The Kier molecular flexibility index (Phi) is 7.92. The average Bonchev–Trinajstić information content (AvgIpc) is 2.56. The van der Waals surface area contributed by atoms with Crippen molar-refractivity contribution in [2.75, 3.05) is 39.4 Å². The van der Waals surface area contributed by atoms with Gasteiger partial charge in [-0.2, -0.15) is 0 Å². The van der Waals surface area contributed by atoms with E-state index in [4.69, 9.17) is 4.74 Å². The maximum absolute atomic E-state index is 5.46. The molecule has 2 rings (SSSR count). The summed E-state index contributed by atoms with van der Waals surface area (Å²) in [5, 5.41) is 0. The number of rotatable bonds is 9. The summed E-state index contributed by atoms with van der Waals surface area (Å²) in [6.07, 6.45) is 3.92.